The summed E-state index contributed by atoms with van der Waals surface area (Å²) in [4.78, 5) is 26.5. The summed E-state index contributed by atoms with van der Waals surface area (Å²) in [5, 5.41) is 12.0. The van der Waals surface area contributed by atoms with E-state index in [0.29, 0.717) is 40.3 Å². The molecule has 1 aliphatic heterocycles. The number of amides is 1. The Hall–Kier alpha value is -3.56. The molecule has 168 valence electrons. The van der Waals surface area contributed by atoms with Gasteiger partial charge in [0.05, 0.1) is 23.3 Å². The third kappa shape index (κ3) is 4.24. The summed E-state index contributed by atoms with van der Waals surface area (Å²) in [5.74, 6) is -0.979. The second kappa shape index (κ2) is 8.42. The standard InChI is InChI=1S/C26H25ClN4O2/c1-15-7-9-16(10-8-15)25(33)30-31-20-12-26(2,3)13-21(32)23(20)22(19(14-28)24(31)29)17-5-4-6-18(27)11-17/h4-11,22H,12-13,29H2,1-3H3,(H,30,33). The van der Waals surface area contributed by atoms with Crippen molar-refractivity contribution < 1.29 is 9.59 Å². The van der Waals surface area contributed by atoms with Gasteiger partial charge in [-0.15, -0.1) is 0 Å². The highest BCUT2D eigenvalue weighted by Crippen LogP contribution is 2.48. The number of benzene rings is 2. The Kier molecular flexibility index (Phi) is 5.77. The van der Waals surface area contributed by atoms with Gasteiger partial charge in [-0.2, -0.15) is 5.26 Å². The van der Waals surface area contributed by atoms with Crippen LogP contribution in [-0.4, -0.2) is 16.7 Å². The Balaban J connectivity index is 1.85. The molecule has 6 nitrogen and oxygen atoms in total. The van der Waals surface area contributed by atoms with Gasteiger partial charge in [-0.3, -0.25) is 15.0 Å². The third-order valence-electron chi connectivity index (χ3n) is 6.09. The highest BCUT2D eigenvalue weighted by molar-refractivity contribution is 6.30. The Labute approximate surface area is 198 Å². The molecular formula is C26H25ClN4O2. The molecule has 3 N–H and O–H groups in total. The molecule has 2 aromatic carbocycles. The van der Waals surface area contributed by atoms with E-state index >= 15 is 0 Å². The van der Waals surface area contributed by atoms with Crippen LogP contribution in [0.1, 0.15) is 54.1 Å². The fourth-order valence-electron chi connectivity index (χ4n) is 4.53. The molecule has 4 rings (SSSR count). The Morgan fingerprint density at radius 2 is 1.91 bits per heavy atom. The normalized spacial score (nSPS) is 19.8. The number of Topliss-reactive ketones (excluding diaryl/α,β-unsaturated/α-hetero) is 1. The Bertz CT molecular complexity index is 1250. The lowest BCUT2D eigenvalue weighted by molar-refractivity contribution is -0.118. The van der Waals surface area contributed by atoms with E-state index < -0.39 is 5.92 Å². The van der Waals surface area contributed by atoms with Gasteiger partial charge in [0.2, 0.25) is 0 Å². The van der Waals surface area contributed by atoms with Gasteiger partial charge in [0.25, 0.3) is 5.91 Å². The summed E-state index contributed by atoms with van der Waals surface area (Å²) in [6.07, 6.45) is 0.847. The molecule has 0 saturated carbocycles. The van der Waals surface area contributed by atoms with Gasteiger partial charge in [-0.05, 0) is 48.6 Å². The Morgan fingerprint density at radius 3 is 2.55 bits per heavy atom. The summed E-state index contributed by atoms with van der Waals surface area (Å²) < 4.78 is 0. The average Bonchev–Trinajstić information content (AvgIpc) is 2.75. The van der Waals surface area contributed by atoms with Crippen molar-refractivity contribution in [1.82, 2.24) is 10.4 Å². The number of rotatable bonds is 3. The molecule has 1 unspecified atom stereocenters. The predicted molar refractivity (Wildman–Crippen MR) is 127 cm³/mol. The summed E-state index contributed by atoms with van der Waals surface area (Å²) >= 11 is 6.23. The average molecular weight is 461 g/mol. The maximum Gasteiger partial charge on any atom is 0.270 e. The van der Waals surface area contributed by atoms with Gasteiger partial charge in [0, 0.05) is 22.6 Å². The van der Waals surface area contributed by atoms with Crippen LogP contribution >= 0.6 is 11.6 Å². The topological polar surface area (TPSA) is 99.2 Å². The van der Waals surface area contributed by atoms with Gasteiger partial charge in [0.15, 0.2) is 5.78 Å². The van der Waals surface area contributed by atoms with E-state index in [1.807, 2.05) is 39.0 Å². The van der Waals surface area contributed by atoms with Crippen LogP contribution in [0.2, 0.25) is 5.02 Å². The second-order valence-electron chi connectivity index (χ2n) is 9.34. The van der Waals surface area contributed by atoms with Crippen LogP contribution in [-0.2, 0) is 4.79 Å². The van der Waals surface area contributed by atoms with Gasteiger partial charge in [-0.1, -0.05) is 55.3 Å². The first-order valence-electron chi connectivity index (χ1n) is 10.7. The lowest BCUT2D eigenvalue weighted by Gasteiger charge is -2.43. The van der Waals surface area contributed by atoms with Crippen molar-refractivity contribution in [3.8, 4) is 6.07 Å². The van der Waals surface area contributed by atoms with E-state index in [9.17, 15) is 14.9 Å². The van der Waals surface area contributed by atoms with Crippen molar-refractivity contribution in [1.29, 1.82) is 5.26 Å². The molecular weight excluding hydrogens is 436 g/mol. The van der Waals surface area contributed by atoms with E-state index in [1.165, 1.54) is 5.01 Å². The number of carbonyl (C=O) groups excluding carboxylic acids is 2. The van der Waals surface area contributed by atoms with E-state index in [-0.39, 0.29) is 28.5 Å². The molecule has 1 atom stereocenters. The molecule has 0 aromatic heterocycles. The van der Waals surface area contributed by atoms with E-state index in [2.05, 4.69) is 11.5 Å². The molecule has 0 radical (unpaired) electrons. The van der Waals surface area contributed by atoms with Crippen LogP contribution in [0.5, 0.6) is 0 Å². The van der Waals surface area contributed by atoms with Crippen LogP contribution in [0, 0.1) is 23.7 Å². The van der Waals surface area contributed by atoms with Crippen LogP contribution in [0.25, 0.3) is 0 Å². The zero-order valence-electron chi connectivity index (χ0n) is 18.8. The number of nitrogens with one attached hydrogen (secondary N) is 1. The number of aryl methyl sites for hydroxylation is 1. The monoisotopic (exact) mass is 460 g/mol. The number of hydrazine groups is 1. The van der Waals surface area contributed by atoms with Crippen molar-refractivity contribution in [3.63, 3.8) is 0 Å². The minimum absolute atomic E-state index is 0.0685. The van der Waals surface area contributed by atoms with Crippen LogP contribution in [0.3, 0.4) is 0 Å². The number of carbonyl (C=O) groups is 2. The van der Waals surface area contributed by atoms with Gasteiger partial charge in [-0.25, -0.2) is 5.01 Å². The predicted octanol–water partition coefficient (Wildman–Crippen LogP) is 4.73. The summed E-state index contributed by atoms with van der Waals surface area (Å²) in [7, 11) is 0. The number of nitrogens with zero attached hydrogens (tertiary/aromatic N) is 2. The molecule has 0 fully saturated rings. The SMILES string of the molecule is Cc1ccc(C(=O)NN2C(N)=C(C#N)C(c3cccc(Cl)c3)C3=C2CC(C)(C)CC3=O)cc1. The van der Waals surface area contributed by atoms with Crippen LogP contribution in [0.15, 0.2) is 71.2 Å². The summed E-state index contributed by atoms with van der Waals surface area (Å²) in [5.41, 5.74) is 12.5. The maximum atomic E-state index is 13.4. The molecule has 1 heterocycles. The number of allylic oxidation sites excluding steroid dienone is 3. The number of nitrogens with two attached hydrogens (primary N) is 1. The molecule has 2 aromatic rings. The molecule has 1 aliphatic carbocycles. The van der Waals surface area contributed by atoms with Crippen LogP contribution < -0.4 is 11.2 Å². The lowest BCUT2D eigenvalue weighted by atomic mass is 9.69. The molecule has 1 amide bonds. The van der Waals surface area contributed by atoms with Crippen molar-refractivity contribution in [2.24, 2.45) is 11.1 Å². The molecule has 0 spiro atoms. The van der Waals surface area contributed by atoms with Gasteiger partial charge in [0.1, 0.15) is 5.82 Å². The van der Waals surface area contributed by atoms with Crippen molar-refractivity contribution in [3.05, 3.63) is 92.9 Å². The smallest absolute Gasteiger partial charge is 0.270 e. The van der Waals surface area contributed by atoms with Crippen molar-refractivity contribution in [2.45, 2.75) is 39.5 Å². The fourth-order valence-corrected chi connectivity index (χ4v) is 4.73. The molecule has 33 heavy (non-hydrogen) atoms. The highest BCUT2D eigenvalue weighted by atomic mass is 35.5. The number of ketones is 1. The molecule has 0 saturated heterocycles. The van der Waals surface area contributed by atoms with E-state index in [1.54, 1.807) is 30.3 Å². The number of halogens is 1. The molecule has 2 aliphatic rings. The zero-order chi connectivity index (χ0) is 23.9. The first-order valence-corrected chi connectivity index (χ1v) is 11.1. The fraction of sp³-hybridized carbons (Fsp3) is 0.269. The van der Waals surface area contributed by atoms with Crippen molar-refractivity contribution >= 4 is 23.3 Å². The third-order valence-corrected chi connectivity index (χ3v) is 6.33. The largest absolute Gasteiger partial charge is 0.383 e. The number of hydrogen-bond donors (Lipinski definition) is 2. The van der Waals surface area contributed by atoms with Crippen molar-refractivity contribution in [2.75, 3.05) is 0 Å². The van der Waals surface area contributed by atoms with E-state index in [0.717, 1.165) is 5.56 Å². The first-order chi connectivity index (χ1) is 15.6. The summed E-state index contributed by atoms with van der Waals surface area (Å²) in [6.45, 7) is 5.94. The minimum Gasteiger partial charge on any atom is -0.383 e. The quantitative estimate of drug-likeness (QED) is 0.689. The van der Waals surface area contributed by atoms with Crippen LogP contribution in [0.4, 0.5) is 0 Å². The Morgan fingerprint density at radius 1 is 1.21 bits per heavy atom. The van der Waals surface area contributed by atoms with Gasteiger partial charge >= 0.3 is 0 Å². The molecule has 7 heteroatoms. The minimum atomic E-state index is -0.639. The lowest BCUT2D eigenvalue weighted by Crippen LogP contribution is -2.49. The maximum absolute atomic E-state index is 13.4. The summed E-state index contributed by atoms with van der Waals surface area (Å²) in [6, 6.07) is 16.4. The van der Waals surface area contributed by atoms with E-state index in [4.69, 9.17) is 17.3 Å². The highest BCUT2D eigenvalue weighted by Gasteiger charge is 2.44. The first kappa shape index (κ1) is 22.6. The zero-order valence-corrected chi connectivity index (χ0v) is 19.5. The number of hydrogen-bond acceptors (Lipinski definition) is 5. The second-order valence-corrected chi connectivity index (χ2v) is 9.78. The van der Waals surface area contributed by atoms with Gasteiger partial charge < -0.3 is 5.73 Å². The molecule has 0 bridgehead atoms. The number of nitriles is 1.